The Morgan fingerprint density at radius 1 is 1.29 bits per heavy atom. The predicted molar refractivity (Wildman–Crippen MR) is 89.2 cm³/mol. The second kappa shape index (κ2) is 5.76. The van der Waals surface area contributed by atoms with Crippen LogP contribution in [0.2, 0.25) is 10.0 Å². The van der Waals surface area contributed by atoms with Crippen LogP contribution < -0.4 is 5.73 Å². The summed E-state index contributed by atoms with van der Waals surface area (Å²) in [5, 5.41) is 18.7. The monoisotopic (exact) mass is 393 g/mol. The number of rotatable bonds is 5. The van der Waals surface area contributed by atoms with Crippen LogP contribution in [0.15, 0.2) is 18.2 Å². The van der Waals surface area contributed by atoms with E-state index in [1.165, 1.54) is 11.8 Å². The third kappa shape index (κ3) is 2.41. The van der Waals surface area contributed by atoms with Gasteiger partial charge in [-0.3, -0.25) is 4.79 Å². The molecular formula is C15H14Cl2FNO4S. The van der Waals surface area contributed by atoms with E-state index in [1.807, 2.05) is 0 Å². The zero-order valence-electron chi connectivity index (χ0n) is 12.2. The SMILES string of the molecule is N[C@]1(C(=O)O)[C@H]2[C@@H](C[C@H]1SCc1ccc(Cl)c(Cl)c1)[C@]2(F)C(=O)O. The van der Waals surface area contributed by atoms with E-state index in [-0.39, 0.29) is 6.42 Å². The minimum Gasteiger partial charge on any atom is -0.480 e. The van der Waals surface area contributed by atoms with Gasteiger partial charge < -0.3 is 15.9 Å². The highest BCUT2D eigenvalue weighted by Gasteiger charge is 2.84. The number of aliphatic carboxylic acids is 2. The maximum atomic E-state index is 14.4. The maximum Gasteiger partial charge on any atom is 0.342 e. The Labute approximate surface area is 151 Å². The van der Waals surface area contributed by atoms with E-state index in [1.54, 1.807) is 18.2 Å². The van der Waals surface area contributed by atoms with Crippen LogP contribution in [-0.2, 0) is 15.3 Å². The lowest BCUT2D eigenvalue weighted by Crippen LogP contribution is -2.58. The minimum atomic E-state index is -2.53. The Kier molecular flexibility index (Phi) is 4.27. The van der Waals surface area contributed by atoms with Crippen LogP contribution >= 0.6 is 35.0 Å². The molecule has 0 aliphatic heterocycles. The van der Waals surface area contributed by atoms with Gasteiger partial charge in [0.05, 0.1) is 10.0 Å². The molecule has 9 heteroatoms. The molecule has 0 radical (unpaired) electrons. The van der Waals surface area contributed by atoms with Gasteiger partial charge in [0.25, 0.3) is 0 Å². The number of benzene rings is 1. The quantitative estimate of drug-likeness (QED) is 0.710. The smallest absolute Gasteiger partial charge is 0.342 e. The fourth-order valence-electron chi connectivity index (χ4n) is 3.63. The molecule has 130 valence electrons. The number of nitrogens with two attached hydrogens (primary N) is 1. The van der Waals surface area contributed by atoms with E-state index in [9.17, 15) is 19.1 Å². The summed E-state index contributed by atoms with van der Waals surface area (Å²) in [4.78, 5) is 22.8. The molecule has 5 nitrogen and oxygen atoms in total. The lowest BCUT2D eigenvalue weighted by Gasteiger charge is -2.31. The van der Waals surface area contributed by atoms with Crippen molar-refractivity contribution in [2.75, 3.05) is 0 Å². The number of thioether (sulfide) groups is 1. The Bertz CT molecular complexity index is 735. The summed E-state index contributed by atoms with van der Waals surface area (Å²) in [6.45, 7) is 0. The first-order chi connectivity index (χ1) is 11.1. The molecule has 4 N–H and O–H groups in total. The summed E-state index contributed by atoms with van der Waals surface area (Å²) in [7, 11) is 0. The first-order valence-corrected chi connectivity index (χ1v) is 8.94. The molecule has 1 aromatic carbocycles. The molecule has 2 saturated carbocycles. The minimum absolute atomic E-state index is 0.113. The highest BCUT2D eigenvalue weighted by atomic mass is 35.5. The fraction of sp³-hybridized carbons (Fsp3) is 0.467. The number of alkyl halides is 1. The summed E-state index contributed by atoms with van der Waals surface area (Å²) < 4.78 is 14.4. The van der Waals surface area contributed by atoms with Crippen molar-refractivity contribution >= 4 is 46.9 Å². The lowest BCUT2D eigenvalue weighted by molar-refractivity contribution is -0.149. The number of fused-ring (bicyclic) bond motifs is 1. The molecule has 5 atom stereocenters. The van der Waals surface area contributed by atoms with E-state index in [0.717, 1.165) is 5.56 Å². The van der Waals surface area contributed by atoms with E-state index >= 15 is 0 Å². The van der Waals surface area contributed by atoms with Crippen molar-refractivity contribution in [2.24, 2.45) is 17.6 Å². The molecule has 1 aromatic rings. The molecular weight excluding hydrogens is 380 g/mol. The van der Waals surface area contributed by atoms with Gasteiger partial charge in [-0.1, -0.05) is 29.3 Å². The standard InChI is InChI=1S/C15H14Cl2FNO4S/c16-8-2-1-6(3-9(8)17)5-24-10-4-7-11(14(7,18)12(20)21)15(10,19)13(22)23/h1-3,7,10-11H,4-5,19H2,(H,20,21)(H,22,23)/t7-,10-,11+,14-,15+/m1/s1. The first kappa shape index (κ1) is 17.8. The van der Waals surface area contributed by atoms with Crippen LogP contribution in [0, 0.1) is 11.8 Å². The number of carboxylic acids is 2. The van der Waals surface area contributed by atoms with Gasteiger partial charge in [-0.25, -0.2) is 9.18 Å². The van der Waals surface area contributed by atoms with Crippen molar-refractivity contribution in [1.82, 2.24) is 0 Å². The molecule has 2 fully saturated rings. The summed E-state index contributed by atoms with van der Waals surface area (Å²) in [6.07, 6.45) is 0.113. The zero-order chi connectivity index (χ0) is 17.9. The topological polar surface area (TPSA) is 101 Å². The van der Waals surface area contributed by atoms with Crippen LogP contribution in [0.3, 0.4) is 0 Å². The second-order valence-corrected chi connectivity index (χ2v) is 8.18. The molecule has 3 rings (SSSR count). The third-order valence-electron chi connectivity index (χ3n) is 4.93. The van der Waals surface area contributed by atoms with E-state index in [2.05, 4.69) is 0 Å². The molecule has 0 bridgehead atoms. The molecule has 2 aliphatic carbocycles. The average Bonchev–Trinajstić information content (AvgIpc) is 2.98. The molecule has 24 heavy (non-hydrogen) atoms. The number of carbonyl (C=O) groups is 2. The average molecular weight is 394 g/mol. The van der Waals surface area contributed by atoms with E-state index in [0.29, 0.717) is 15.8 Å². The van der Waals surface area contributed by atoms with Gasteiger partial charge in [-0.15, -0.1) is 0 Å². The molecule has 0 unspecified atom stereocenters. The Balaban J connectivity index is 1.76. The number of carboxylic acid groups (broad SMARTS) is 2. The van der Waals surface area contributed by atoms with Gasteiger partial charge in [-0.05, 0) is 24.1 Å². The third-order valence-corrected chi connectivity index (χ3v) is 7.16. The van der Waals surface area contributed by atoms with E-state index in [4.69, 9.17) is 34.0 Å². The summed E-state index contributed by atoms with van der Waals surface area (Å²) in [5.41, 5.74) is 2.38. The van der Waals surface area contributed by atoms with E-state index < -0.39 is 40.2 Å². The molecule has 0 amide bonds. The highest BCUT2D eigenvalue weighted by molar-refractivity contribution is 7.99. The maximum absolute atomic E-state index is 14.4. The molecule has 0 heterocycles. The summed E-state index contributed by atoms with van der Waals surface area (Å²) in [6, 6.07) is 5.06. The van der Waals surface area contributed by atoms with Gasteiger partial charge in [0.1, 0.15) is 5.54 Å². The molecule has 0 spiro atoms. The fourth-order valence-corrected chi connectivity index (χ4v) is 5.39. The second-order valence-electron chi connectivity index (χ2n) is 6.18. The van der Waals surface area contributed by atoms with Crippen molar-refractivity contribution in [3.8, 4) is 0 Å². The molecule has 0 saturated heterocycles. The van der Waals surface area contributed by atoms with Crippen LogP contribution in [-0.4, -0.2) is 38.6 Å². The van der Waals surface area contributed by atoms with Gasteiger partial charge in [-0.2, -0.15) is 11.8 Å². The molecule has 2 aliphatic rings. The van der Waals surface area contributed by atoms with Crippen molar-refractivity contribution in [2.45, 2.75) is 28.6 Å². The zero-order valence-corrected chi connectivity index (χ0v) is 14.5. The van der Waals surface area contributed by atoms with Crippen LogP contribution in [0.4, 0.5) is 4.39 Å². The Hall–Kier alpha value is -1.02. The van der Waals surface area contributed by atoms with Crippen LogP contribution in [0.5, 0.6) is 0 Å². The van der Waals surface area contributed by atoms with Crippen LogP contribution in [0.1, 0.15) is 12.0 Å². The number of hydrogen-bond acceptors (Lipinski definition) is 4. The van der Waals surface area contributed by atoms with Gasteiger partial charge in [0, 0.05) is 22.8 Å². The Morgan fingerprint density at radius 2 is 1.96 bits per heavy atom. The first-order valence-electron chi connectivity index (χ1n) is 7.13. The van der Waals surface area contributed by atoms with Crippen molar-refractivity contribution < 1.29 is 24.2 Å². The predicted octanol–water partition coefficient (Wildman–Crippen LogP) is 2.82. The van der Waals surface area contributed by atoms with Crippen molar-refractivity contribution in [1.29, 1.82) is 0 Å². The largest absolute Gasteiger partial charge is 0.480 e. The van der Waals surface area contributed by atoms with Gasteiger partial charge in [0.2, 0.25) is 5.67 Å². The van der Waals surface area contributed by atoms with Gasteiger partial charge in [0.15, 0.2) is 0 Å². The number of halogens is 3. The van der Waals surface area contributed by atoms with Crippen molar-refractivity contribution in [3.63, 3.8) is 0 Å². The normalized spacial score (nSPS) is 37.1. The highest BCUT2D eigenvalue weighted by Crippen LogP contribution is 2.68. The lowest BCUT2D eigenvalue weighted by atomic mass is 9.90. The van der Waals surface area contributed by atoms with Crippen LogP contribution in [0.25, 0.3) is 0 Å². The van der Waals surface area contributed by atoms with Crippen molar-refractivity contribution in [3.05, 3.63) is 33.8 Å². The Morgan fingerprint density at radius 3 is 2.50 bits per heavy atom. The number of hydrogen-bond donors (Lipinski definition) is 3. The summed E-state index contributed by atoms with van der Waals surface area (Å²) >= 11 is 13.1. The molecule has 0 aromatic heterocycles. The summed E-state index contributed by atoms with van der Waals surface area (Å²) in [5.74, 6) is -4.66. The van der Waals surface area contributed by atoms with Gasteiger partial charge >= 0.3 is 11.9 Å².